The van der Waals surface area contributed by atoms with Crippen LogP contribution in [0.4, 0.5) is 13.2 Å². The topological polar surface area (TPSA) is 41.2 Å². The zero-order valence-corrected chi connectivity index (χ0v) is 16.7. The number of nitrogens with zero attached hydrogens (tertiary/aromatic N) is 2. The van der Waals surface area contributed by atoms with Crippen LogP contribution < -0.4 is 4.74 Å². The highest BCUT2D eigenvalue weighted by atomic mass is 19.4. The van der Waals surface area contributed by atoms with Gasteiger partial charge in [0.15, 0.2) is 0 Å². The highest BCUT2D eigenvalue weighted by molar-refractivity contribution is 5.71. The predicted octanol–water partition coefficient (Wildman–Crippen LogP) is 6.04. The van der Waals surface area contributed by atoms with Crippen molar-refractivity contribution in [1.29, 1.82) is 0 Å². The number of aryl methyl sites for hydroxylation is 1. The van der Waals surface area contributed by atoms with E-state index in [0.29, 0.717) is 34.7 Å². The summed E-state index contributed by atoms with van der Waals surface area (Å²) >= 11 is 0. The Morgan fingerprint density at radius 2 is 1.83 bits per heavy atom. The second-order valence-corrected chi connectivity index (χ2v) is 7.06. The SMILES string of the molecule is CCCN(C)Cc1n[nH]cc1-c1cc(C(F)(F)F)c(Oc2ccccc2)cc1C. The Bertz CT molecular complexity index is 952. The third kappa shape index (κ3) is 4.98. The number of benzene rings is 2. The fourth-order valence-electron chi connectivity index (χ4n) is 3.28. The van der Waals surface area contributed by atoms with Crippen molar-refractivity contribution < 1.29 is 17.9 Å². The molecule has 1 N–H and O–H groups in total. The molecule has 7 heteroatoms. The van der Waals surface area contributed by atoms with Gasteiger partial charge < -0.3 is 9.64 Å². The van der Waals surface area contributed by atoms with E-state index in [4.69, 9.17) is 4.74 Å². The maximum absolute atomic E-state index is 13.8. The average Bonchev–Trinajstić information content (AvgIpc) is 3.09. The molecule has 0 unspecified atom stereocenters. The number of hydrogen-bond acceptors (Lipinski definition) is 3. The predicted molar refractivity (Wildman–Crippen MR) is 107 cm³/mol. The van der Waals surface area contributed by atoms with Crippen molar-refractivity contribution in [1.82, 2.24) is 15.1 Å². The minimum atomic E-state index is -4.55. The first-order chi connectivity index (χ1) is 13.8. The summed E-state index contributed by atoms with van der Waals surface area (Å²) in [5, 5.41) is 7.05. The number of H-pyrrole nitrogens is 1. The fourth-order valence-corrected chi connectivity index (χ4v) is 3.28. The van der Waals surface area contributed by atoms with Crippen molar-refractivity contribution in [2.45, 2.75) is 33.0 Å². The number of ether oxygens (including phenoxy) is 1. The average molecular weight is 403 g/mol. The van der Waals surface area contributed by atoms with Gasteiger partial charge in [-0.25, -0.2) is 0 Å². The summed E-state index contributed by atoms with van der Waals surface area (Å²) in [5.41, 5.74) is 1.75. The third-order valence-corrected chi connectivity index (χ3v) is 4.64. The molecule has 4 nitrogen and oxygen atoms in total. The van der Waals surface area contributed by atoms with Crippen molar-refractivity contribution >= 4 is 0 Å². The molecule has 1 aromatic heterocycles. The van der Waals surface area contributed by atoms with Crippen LogP contribution in [-0.2, 0) is 12.7 Å². The number of alkyl halides is 3. The normalized spacial score (nSPS) is 11.8. The summed E-state index contributed by atoms with van der Waals surface area (Å²) in [7, 11) is 1.97. The minimum absolute atomic E-state index is 0.210. The molecule has 1 heterocycles. The molecular weight excluding hydrogens is 379 g/mol. The van der Waals surface area contributed by atoms with Crippen LogP contribution in [0.1, 0.15) is 30.2 Å². The van der Waals surface area contributed by atoms with E-state index in [2.05, 4.69) is 22.0 Å². The lowest BCUT2D eigenvalue weighted by molar-refractivity contribution is -0.138. The van der Waals surface area contributed by atoms with Gasteiger partial charge >= 0.3 is 6.18 Å². The molecule has 3 rings (SSSR count). The molecule has 0 atom stereocenters. The number of hydrogen-bond donors (Lipinski definition) is 1. The van der Waals surface area contributed by atoms with Gasteiger partial charge in [-0.2, -0.15) is 18.3 Å². The van der Waals surface area contributed by atoms with E-state index in [9.17, 15) is 13.2 Å². The van der Waals surface area contributed by atoms with Gasteiger partial charge in [-0.15, -0.1) is 0 Å². The van der Waals surface area contributed by atoms with Crippen LogP contribution in [-0.4, -0.2) is 28.7 Å². The van der Waals surface area contributed by atoms with E-state index >= 15 is 0 Å². The molecule has 3 aromatic rings. The molecule has 0 aliphatic carbocycles. The first-order valence-electron chi connectivity index (χ1n) is 9.46. The Balaban J connectivity index is 2.03. The summed E-state index contributed by atoms with van der Waals surface area (Å²) in [6, 6.07) is 11.1. The second kappa shape index (κ2) is 8.69. The number of aromatic nitrogens is 2. The van der Waals surface area contributed by atoms with E-state index in [1.54, 1.807) is 43.5 Å². The molecule has 0 saturated carbocycles. The van der Waals surface area contributed by atoms with Gasteiger partial charge in [0.25, 0.3) is 0 Å². The Morgan fingerprint density at radius 3 is 2.48 bits per heavy atom. The fraction of sp³-hybridized carbons (Fsp3) is 0.318. The van der Waals surface area contributed by atoms with Gasteiger partial charge in [0, 0.05) is 18.3 Å². The molecule has 2 aromatic carbocycles. The molecule has 0 amide bonds. The highest BCUT2D eigenvalue weighted by Gasteiger charge is 2.36. The van der Waals surface area contributed by atoms with Crippen LogP contribution in [0.3, 0.4) is 0 Å². The van der Waals surface area contributed by atoms with Crippen LogP contribution in [0, 0.1) is 6.92 Å². The minimum Gasteiger partial charge on any atom is -0.457 e. The number of nitrogens with one attached hydrogen (secondary N) is 1. The number of aromatic amines is 1. The van der Waals surface area contributed by atoms with E-state index in [-0.39, 0.29) is 5.75 Å². The van der Waals surface area contributed by atoms with E-state index in [0.717, 1.165) is 19.0 Å². The lowest BCUT2D eigenvalue weighted by Crippen LogP contribution is -2.19. The van der Waals surface area contributed by atoms with Crippen molar-refractivity contribution in [3.8, 4) is 22.6 Å². The Hall–Kier alpha value is -2.80. The van der Waals surface area contributed by atoms with E-state index < -0.39 is 11.7 Å². The van der Waals surface area contributed by atoms with Gasteiger partial charge in [-0.05, 0) is 62.3 Å². The van der Waals surface area contributed by atoms with Crippen LogP contribution >= 0.6 is 0 Å². The van der Waals surface area contributed by atoms with Crippen LogP contribution in [0.2, 0.25) is 0 Å². The van der Waals surface area contributed by atoms with Gasteiger partial charge in [-0.1, -0.05) is 25.1 Å². The summed E-state index contributed by atoms with van der Waals surface area (Å²) < 4.78 is 47.0. The maximum Gasteiger partial charge on any atom is 0.420 e. The van der Waals surface area contributed by atoms with Gasteiger partial charge in [-0.3, -0.25) is 5.10 Å². The standard InChI is InChI=1S/C22H24F3N3O/c1-4-10-28(3)14-20-18(13-26-27-20)17-12-19(22(23,24)25)21(11-15(17)2)29-16-8-6-5-7-9-16/h5-9,11-13H,4,10,14H2,1-3H3,(H,26,27). The zero-order chi connectivity index (χ0) is 21.0. The zero-order valence-electron chi connectivity index (χ0n) is 16.7. The number of para-hydroxylation sites is 1. The summed E-state index contributed by atoms with van der Waals surface area (Å²) in [6.07, 6.45) is -1.91. The molecule has 0 aliphatic rings. The second-order valence-electron chi connectivity index (χ2n) is 7.06. The highest BCUT2D eigenvalue weighted by Crippen LogP contribution is 2.42. The summed E-state index contributed by atoms with van der Waals surface area (Å²) in [5.74, 6) is 0.147. The van der Waals surface area contributed by atoms with Crippen molar-refractivity contribution in [2.75, 3.05) is 13.6 Å². The summed E-state index contributed by atoms with van der Waals surface area (Å²) in [4.78, 5) is 2.09. The van der Waals surface area contributed by atoms with E-state index in [1.165, 1.54) is 6.07 Å². The summed E-state index contributed by atoms with van der Waals surface area (Å²) in [6.45, 7) is 5.28. The lowest BCUT2D eigenvalue weighted by Gasteiger charge is -2.18. The number of rotatable bonds is 7. The largest absolute Gasteiger partial charge is 0.457 e. The Kier molecular flexibility index (Phi) is 6.27. The van der Waals surface area contributed by atoms with Gasteiger partial charge in [0.2, 0.25) is 0 Å². The van der Waals surface area contributed by atoms with Crippen molar-refractivity contribution in [2.24, 2.45) is 0 Å². The Morgan fingerprint density at radius 1 is 1.10 bits per heavy atom. The van der Waals surface area contributed by atoms with Crippen molar-refractivity contribution in [3.63, 3.8) is 0 Å². The van der Waals surface area contributed by atoms with E-state index in [1.807, 2.05) is 7.05 Å². The molecular formula is C22H24F3N3O. The molecule has 0 bridgehead atoms. The van der Waals surface area contributed by atoms with Crippen molar-refractivity contribution in [3.05, 3.63) is 65.5 Å². The third-order valence-electron chi connectivity index (χ3n) is 4.64. The molecule has 0 aliphatic heterocycles. The lowest BCUT2D eigenvalue weighted by atomic mass is 9.97. The molecule has 29 heavy (non-hydrogen) atoms. The Labute approximate surface area is 168 Å². The molecule has 0 saturated heterocycles. The maximum atomic E-state index is 13.8. The molecule has 0 radical (unpaired) electrons. The van der Waals surface area contributed by atoms with Crippen LogP contribution in [0.5, 0.6) is 11.5 Å². The first-order valence-corrected chi connectivity index (χ1v) is 9.46. The smallest absolute Gasteiger partial charge is 0.420 e. The quantitative estimate of drug-likeness (QED) is 0.523. The first kappa shape index (κ1) is 20.9. The van der Waals surface area contributed by atoms with Crippen LogP contribution in [0.25, 0.3) is 11.1 Å². The van der Waals surface area contributed by atoms with Gasteiger partial charge in [0.05, 0.1) is 11.3 Å². The van der Waals surface area contributed by atoms with Crippen LogP contribution in [0.15, 0.2) is 48.7 Å². The molecule has 154 valence electrons. The molecule has 0 fully saturated rings. The number of halogens is 3. The van der Waals surface area contributed by atoms with Gasteiger partial charge in [0.1, 0.15) is 11.5 Å². The molecule has 0 spiro atoms. The monoisotopic (exact) mass is 403 g/mol.